The second kappa shape index (κ2) is 8.68. The first kappa shape index (κ1) is 23.1. The van der Waals surface area contributed by atoms with E-state index < -0.39 is 16.7 Å². The molecular weight excluding hydrogens is 452 g/mol. The standard InChI is InChI=1S/C25H22N4O4S/c1-14-7-5-10-22(16(14)3)28-24(31)21(23(30)26-25(28)34)12-18-11-15(2)27(17(18)4)19-8-6-9-20(13-19)29(32)33/h5-13H,1-4H3,(H,26,30,34)/b21-12+. The number of hydrogen-bond acceptors (Lipinski definition) is 5. The number of nitro benzene ring substituents is 1. The topological polar surface area (TPSA) is 97.5 Å². The second-order valence-electron chi connectivity index (χ2n) is 8.12. The molecule has 4 rings (SSSR count). The molecule has 9 heteroatoms. The van der Waals surface area contributed by atoms with Gasteiger partial charge in [0.2, 0.25) is 0 Å². The first-order valence-corrected chi connectivity index (χ1v) is 10.9. The molecule has 1 aliphatic rings. The maximum atomic E-state index is 13.4. The van der Waals surface area contributed by atoms with E-state index in [1.165, 1.54) is 23.1 Å². The molecule has 172 valence electrons. The summed E-state index contributed by atoms with van der Waals surface area (Å²) in [4.78, 5) is 38.3. The predicted molar refractivity (Wildman–Crippen MR) is 134 cm³/mol. The van der Waals surface area contributed by atoms with Crippen molar-refractivity contribution < 1.29 is 14.5 Å². The molecule has 0 unspecified atom stereocenters. The summed E-state index contributed by atoms with van der Waals surface area (Å²) in [6.07, 6.45) is 1.54. The highest BCUT2D eigenvalue weighted by Gasteiger charge is 2.35. The number of aromatic nitrogens is 1. The number of aryl methyl sites for hydroxylation is 2. The van der Waals surface area contributed by atoms with Crippen molar-refractivity contribution in [1.82, 2.24) is 9.88 Å². The molecule has 0 aliphatic carbocycles. The van der Waals surface area contributed by atoms with E-state index in [1.807, 2.05) is 50.5 Å². The molecule has 3 aromatic rings. The van der Waals surface area contributed by atoms with Crippen LogP contribution >= 0.6 is 12.2 Å². The normalized spacial score (nSPS) is 15.1. The summed E-state index contributed by atoms with van der Waals surface area (Å²) in [6.45, 7) is 7.52. The smallest absolute Gasteiger partial charge is 0.271 e. The van der Waals surface area contributed by atoms with Crippen LogP contribution in [0.1, 0.15) is 28.1 Å². The Hall–Kier alpha value is -4.11. The molecule has 1 aliphatic heterocycles. The SMILES string of the molecule is Cc1cccc(N2C(=O)/C(=C/c3cc(C)n(-c4cccc([N+](=O)[O-])c4)c3C)C(=O)NC2=S)c1C. The zero-order valence-corrected chi connectivity index (χ0v) is 19.9. The van der Waals surface area contributed by atoms with Crippen LogP contribution in [0.15, 0.2) is 54.1 Å². The van der Waals surface area contributed by atoms with E-state index >= 15 is 0 Å². The van der Waals surface area contributed by atoms with Gasteiger partial charge in [-0.15, -0.1) is 0 Å². The number of nitrogens with zero attached hydrogens (tertiary/aromatic N) is 3. The zero-order chi connectivity index (χ0) is 24.7. The van der Waals surface area contributed by atoms with Gasteiger partial charge >= 0.3 is 0 Å². The third-order valence-electron chi connectivity index (χ3n) is 5.99. The highest BCUT2D eigenvalue weighted by Crippen LogP contribution is 2.29. The van der Waals surface area contributed by atoms with Gasteiger partial charge in [0.25, 0.3) is 17.5 Å². The molecule has 0 atom stereocenters. The van der Waals surface area contributed by atoms with Crippen LogP contribution in [-0.4, -0.2) is 26.4 Å². The average molecular weight is 475 g/mol. The minimum atomic E-state index is -0.572. The molecule has 1 aromatic heterocycles. The summed E-state index contributed by atoms with van der Waals surface area (Å²) in [7, 11) is 0. The van der Waals surface area contributed by atoms with Crippen LogP contribution in [0.3, 0.4) is 0 Å². The minimum Gasteiger partial charge on any atom is -0.318 e. The highest BCUT2D eigenvalue weighted by atomic mass is 32.1. The Morgan fingerprint density at radius 3 is 2.44 bits per heavy atom. The number of benzene rings is 2. The molecule has 0 bridgehead atoms. The van der Waals surface area contributed by atoms with Crippen molar-refractivity contribution in [3.8, 4) is 5.69 Å². The fraction of sp³-hybridized carbons (Fsp3) is 0.160. The highest BCUT2D eigenvalue weighted by molar-refractivity contribution is 7.80. The van der Waals surface area contributed by atoms with E-state index in [-0.39, 0.29) is 16.4 Å². The average Bonchev–Trinajstić information content (AvgIpc) is 3.06. The Balaban J connectivity index is 1.79. The summed E-state index contributed by atoms with van der Waals surface area (Å²) < 4.78 is 1.84. The summed E-state index contributed by atoms with van der Waals surface area (Å²) in [5, 5.41) is 13.8. The van der Waals surface area contributed by atoms with Crippen LogP contribution in [0.4, 0.5) is 11.4 Å². The number of nitro groups is 1. The van der Waals surface area contributed by atoms with Crippen LogP contribution in [0.2, 0.25) is 0 Å². The van der Waals surface area contributed by atoms with Crippen molar-refractivity contribution in [2.45, 2.75) is 27.7 Å². The number of hydrogen-bond donors (Lipinski definition) is 1. The quantitative estimate of drug-likeness (QED) is 0.198. The Kier molecular flexibility index (Phi) is 5.89. The Morgan fingerprint density at radius 1 is 1.03 bits per heavy atom. The van der Waals surface area contributed by atoms with Crippen molar-refractivity contribution in [1.29, 1.82) is 0 Å². The largest absolute Gasteiger partial charge is 0.318 e. The van der Waals surface area contributed by atoms with E-state index in [9.17, 15) is 19.7 Å². The van der Waals surface area contributed by atoms with Gasteiger partial charge in [-0.05, 0) is 80.9 Å². The number of anilines is 1. The predicted octanol–water partition coefficient (Wildman–Crippen LogP) is 4.45. The lowest BCUT2D eigenvalue weighted by Crippen LogP contribution is -2.54. The molecule has 1 N–H and O–H groups in total. The van der Waals surface area contributed by atoms with Crippen molar-refractivity contribution in [2.75, 3.05) is 4.90 Å². The first-order valence-electron chi connectivity index (χ1n) is 10.5. The Bertz CT molecular complexity index is 1420. The van der Waals surface area contributed by atoms with Gasteiger partial charge in [-0.25, -0.2) is 0 Å². The third kappa shape index (κ3) is 3.90. The summed E-state index contributed by atoms with van der Waals surface area (Å²) in [6, 6.07) is 13.7. The first-order chi connectivity index (χ1) is 16.1. The van der Waals surface area contributed by atoms with Crippen molar-refractivity contribution in [3.63, 3.8) is 0 Å². The molecule has 2 heterocycles. The fourth-order valence-corrected chi connectivity index (χ4v) is 4.36. The number of carbonyl (C=O) groups excluding carboxylic acids is 2. The third-order valence-corrected chi connectivity index (χ3v) is 6.27. The zero-order valence-electron chi connectivity index (χ0n) is 19.1. The van der Waals surface area contributed by atoms with Crippen LogP contribution in [0.5, 0.6) is 0 Å². The molecule has 2 amide bonds. The van der Waals surface area contributed by atoms with E-state index in [1.54, 1.807) is 18.2 Å². The van der Waals surface area contributed by atoms with Gasteiger partial charge in [0.05, 0.1) is 16.3 Å². The molecule has 1 fully saturated rings. The van der Waals surface area contributed by atoms with Crippen molar-refractivity contribution >= 4 is 46.6 Å². The van der Waals surface area contributed by atoms with E-state index in [0.717, 1.165) is 22.5 Å². The van der Waals surface area contributed by atoms with Gasteiger partial charge < -0.3 is 4.57 Å². The van der Waals surface area contributed by atoms with E-state index in [0.29, 0.717) is 16.9 Å². The number of amides is 2. The van der Waals surface area contributed by atoms with Gasteiger partial charge in [-0.3, -0.25) is 29.9 Å². The lowest BCUT2D eigenvalue weighted by Gasteiger charge is -2.30. The minimum absolute atomic E-state index is 0.0237. The van der Waals surface area contributed by atoms with Gasteiger partial charge in [-0.2, -0.15) is 0 Å². The molecule has 8 nitrogen and oxygen atoms in total. The van der Waals surface area contributed by atoms with Gasteiger partial charge in [0, 0.05) is 23.5 Å². The summed E-state index contributed by atoms with van der Waals surface area (Å²) in [5.74, 6) is -1.08. The molecule has 34 heavy (non-hydrogen) atoms. The maximum absolute atomic E-state index is 13.4. The number of thiocarbonyl (C=S) groups is 1. The molecule has 0 spiro atoms. The Labute approximate surface area is 201 Å². The second-order valence-corrected chi connectivity index (χ2v) is 8.50. The van der Waals surface area contributed by atoms with E-state index in [4.69, 9.17) is 12.2 Å². The van der Waals surface area contributed by atoms with Crippen LogP contribution in [0.25, 0.3) is 11.8 Å². The van der Waals surface area contributed by atoms with Gasteiger partial charge in [0.1, 0.15) is 5.57 Å². The van der Waals surface area contributed by atoms with Crippen LogP contribution in [-0.2, 0) is 9.59 Å². The van der Waals surface area contributed by atoms with Gasteiger partial charge in [-0.1, -0.05) is 18.2 Å². The summed E-state index contributed by atoms with van der Waals surface area (Å²) in [5.41, 5.74) is 5.23. The fourth-order valence-electron chi connectivity index (χ4n) is 4.09. The molecule has 1 saturated heterocycles. The number of nitrogens with one attached hydrogen (secondary N) is 1. The van der Waals surface area contributed by atoms with Crippen molar-refractivity contribution in [3.05, 3.63) is 92.3 Å². The number of rotatable bonds is 4. The molecular formula is C25H22N4O4S. The molecule has 0 saturated carbocycles. The monoisotopic (exact) mass is 474 g/mol. The summed E-state index contributed by atoms with van der Waals surface area (Å²) >= 11 is 5.32. The van der Waals surface area contributed by atoms with Crippen LogP contribution < -0.4 is 10.2 Å². The van der Waals surface area contributed by atoms with Crippen molar-refractivity contribution in [2.24, 2.45) is 0 Å². The van der Waals surface area contributed by atoms with Crippen LogP contribution in [0, 0.1) is 37.8 Å². The van der Waals surface area contributed by atoms with Gasteiger partial charge in [0.15, 0.2) is 5.11 Å². The van der Waals surface area contributed by atoms with E-state index in [2.05, 4.69) is 5.32 Å². The molecule has 0 radical (unpaired) electrons. The Morgan fingerprint density at radius 2 is 1.74 bits per heavy atom. The number of non-ortho nitro benzene ring substituents is 1. The maximum Gasteiger partial charge on any atom is 0.271 e. The molecule has 2 aromatic carbocycles. The lowest BCUT2D eigenvalue weighted by atomic mass is 10.0. The lowest BCUT2D eigenvalue weighted by molar-refractivity contribution is -0.384. The number of carbonyl (C=O) groups is 2.